The number of H-pyrrole nitrogens is 1. The monoisotopic (exact) mass is 322 g/mol. The van der Waals surface area contributed by atoms with Crippen LogP contribution in [0.15, 0.2) is 36.9 Å². The Bertz CT molecular complexity index is 722. The normalized spacial score (nSPS) is 11.9. The van der Waals surface area contributed by atoms with Crippen LogP contribution in [0.2, 0.25) is 5.02 Å². The molecule has 1 aromatic heterocycles. The first kappa shape index (κ1) is 15.5. The lowest BCUT2D eigenvalue weighted by molar-refractivity contribution is 0.0938. The number of allylic oxidation sites excluding steroid dienone is 1. The molecule has 2 aromatic rings. The zero-order chi connectivity index (χ0) is 15.4. The van der Waals surface area contributed by atoms with Gasteiger partial charge in [0.05, 0.1) is 16.6 Å². The lowest BCUT2D eigenvalue weighted by Gasteiger charge is -2.14. The summed E-state index contributed by atoms with van der Waals surface area (Å²) in [6, 6.07) is 6.57. The second kappa shape index (κ2) is 6.69. The molecule has 2 rings (SSSR count). The summed E-state index contributed by atoms with van der Waals surface area (Å²) in [6.07, 6.45) is 1.72. The van der Waals surface area contributed by atoms with Crippen molar-refractivity contribution in [3.8, 4) is 0 Å². The summed E-state index contributed by atoms with van der Waals surface area (Å²) in [6.45, 7) is 6.04. The second-order valence-corrected chi connectivity index (χ2v) is 5.26. The Kier molecular flexibility index (Phi) is 4.93. The predicted molar refractivity (Wildman–Crippen MR) is 84.9 cm³/mol. The number of nitrogens with zero attached hydrogens (tertiary/aromatic N) is 2. The topological polar surface area (TPSA) is 62.7 Å². The van der Waals surface area contributed by atoms with E-state index in [1.807, 2.05) is 6.92 Å². The van der Waals surface area contributed by atoms with Gasteiger partial charge in [-0.25, -0.2) is 0 Å². The Morgan fingerprint density at radius 2 is 2.33 bits per heavy atom. The van der Waals surface area contributed by atoms with E-state index < -0.39 is 0 Å². The molecule has 110 valence electrons. The molecule has 1 heterocycles. The van der Waals surface area contributed by atoms with Crippen LogP contribution in [0.5, 0.6) is 0 Å². The number of rotatable bonds is 5. The maximum absolute atomic E-state index is 12.2. The largest absolute Gasteiger partial charge is 0.342 e. The van der Waals surface area contributed by atoms with E-state index in [-0.39, 0.29) is 11.9 Å². The van der Waals surface area contributed by atoms with Crippen LogP contribution < -0.4 is 5.32 Å². The SMILES string of the molecule is C=CCn1c(C(C)NC(=O)c2ccccc2Cl)n[nH]c1=S. The number of benzene rings is 1. The lowest BCUT2D eigenvalue weighted by atomic mass is 10.2. The predicted octanol–water partition coefficient (Wildman–Crippen LogP) is 3.27. The highest BCUT2D eigenvalue weighted by Crippen LogP contribution is 2.17. The molecule has 0 saturated heterocycles. The van der Waals surface area contributed by atoms with E-state index in [4.69, 9.17) is 23.8 Å². The number of hydrogen-bond donors (Lipinski definition) is 2. The maximum atomic E-state index is 12.2. The minimum absolute atomic E-state index is 0.257. The molecule has 7 heteroatoms. The second-order valence-electron chi connectivity index (χ2n) is 4.46. The third-order valence-corrected chi connectivity index (χ3v) is 3.59. The van der Waals surface area contributed by atoms with Crippen LogP contribution in [0.25, 0.3) is 0 Å². The molecule has 1 unspecified atom stereocenters. The summed E-state index contributed by atoms with van der Waals surface area (Å²) in [5, 5.41) is 10.1. The Morgan fingerprint density at radius 1 is 1.62 bits per heavy atom. The van der Waals surface area contributed by atoms with Crippen LogP contribution in [0.1, 0.15) is 29.1 Å². The van der Waals surface area contributed by atoms with Crippen LogP contribution in [0, 0.1) is 4.77 Å². The molecule has 1 amide bonds. The first-order valence-corrected chi connectivity index (χ1v) is 7.14. The summed E-state index contributed by atoms with van der Waals surface area (Å²) in [4.78, 5) is 12.2. The molecule has 0 radical (unpaired) electrons. The molecule has 0 spiro atoms. The summed E-state index contributed by atoms with van der Waals surface area (Å²) in [5.41, 5.74) is 0.426. The molecular weight excluding hydrogens is 308 g/mol. The van der Waals surface area contributed by atoms with Gasteiger partial charge in [-0.3, -0.25) is 14.5 Å². The lowest BCUT2D eigenvalue weighted by Crippen LogP contribution is -2.29. The van der Waals surface area contributed by atoms with Crippen molar-refractivity contribution in [3.05, 3.63) is 58.1 Å². The number of halogens is 1. The first-order chi connectivity index (χ1) is 10.0. The van der Waals surface area contributed by atoms with Crippen molar-refractivity contribution in [2.75, 3.05) is 0 Å². The highest BCUT2D eigenvalue weighted by atomic mass is 35.5. The molecule has 0 aliphatic heterocycles. The van der Waals surface area contributed by atoms with E-state index in [9.17, 15) is 4.79 Å². The summed E-state index contributed by atoms with van der Waals surface area (Å²) >= 11 is 11.2. The van der Waals surface area contributed by atoms with Crippen molar-refractivity contribution in [1.29, 1.82) is 0 Å². The Balaban J connectivity index is 2.20. The molecule has 1 aromatic carbocycles. The van der Waals surface area contributed by atoms with Crippen molar-refractivity contribution in [2.24, 2.45) is 0 Å². The average Bonchev–Trinajstić information content (AvgIpc) is 2.81. The van der Waals surface area contributed by atoms with Gasteiger partial charge < -0.3 is 5.32 Å². The van der Waals surface area contributed by atoms with Crippen LogP contribution in [-0.4, -0.2) is 20.7 Å². The van der Waals surface area contributed by atoms with Crippen LogP contribution in [0.3, 0.4) is 0 Å². The van der Waals surface area contributed by atoms with E-state index in [2.05, 4.69) is 22.1 Å². The van der Waals surface area contributed by atoms with Gasteiger partial charge in [-0.2, -0.15) is 5.10 Å². The van der Waals surface area contributed by atoms with E-state index in [1.54, 1.807) is 34.9 Å². The Labute approximate surface area is 132 Å². The molecule has 1 atom stereocenters. The summed E-state index contributed by atoms with van der Waals surface area (Å²) in [7, 11) is 0. The quantitative estimate of drug-likeness (QED) is 0.656. The molecule has 0 saturated carbocycles. The number of nitrogens with one attached hydrogen (secondary N) is 2. The number of carbonyl (C=O) groups is 1. The maximum Gasteiger partial charge on any atom is 0.253 e. The number of hydrogen-bond acceptors (Lipinski definition) is 3. The van der Waals surface area contributed by atoms with Crippen LogP contribution in [0.4, 0.5) is 0 Å². The van der Waals surface area contributed by atoms with Gasteiger partial charge >= 0.3 is 0 Å². The number of aromatic amines is 1. The summed E-state index contributed by atoms with van der Waals surface area (Å²) < 4.78 is 2.27. The van der Waals surface area contributed by atoms with Crippen molar-refractivity contribution in [1.82, 2.24) is 20.1 Å². The van der Waals surface area contributed by atoms with Crippen molar-refractivity contribution >= 4 is 29.7 Å². The molecular formula is C14H15ClN4OS. The Morgan fingerprint density at radius 3 is 3.00 bits per heavy atom. The standard InChI is InChI=1S/C14H15ClN4OS/c1-3-8-19-12(17-18-14(19)21)9(2)16-13(20)10-6-4-5-7-11(10)15/h3-7,9H,1,8H2,2H3,(H,16,20)(H,18,21). The van der Waals surface area contributed by atoms with E-state index in [1.165, 1.54) is 0 Å². The smallest absolute Gasteiger partial charge is 0.253 e. The van der Waals surface area contributed by atoms with E-state index in [0.717, 1.165) is 0 Å². The van der Waals surface area contributed by atoms with E-state index in [0.29, 0.717) is 27.7 Å². The average molecular weight is 323 g/mol. The fourth-order valence-corrected chi connectivity index (χ4v) is 2.39. The number of aromatic nitrogens is 3. The van der Waals surface area contributed by atoms with Gasteiger partial charge in [-0.1, -0.05) is 29.8 Å². The minimum Gasteiger partial charge on any atom is -0.342 e. The van der Waals surface area contributed by atoms with Crippen LogP contribution >= 0.6 is 23.8 Å². The molecule has 21 heavy (non-hydrogen) atoms. The van der Waals surface area contributed by atoms with Gasteiger partial charge in [0, 0.05) is 6.54 Å². The summed E-state index contributed by atoms with van der Waals surface area (Å²) in [5.74, 6) is 0.382. The highest BCUT2D eigenvalue weighted by Gasteiger charge is 2.18. The molecule has 5 nitrogen and oxygen atoms in total. The third kappa shape index (κ3) is 3.40. The number of carbonyl (C=O) groups excluding carboxylic acids is 1. The highest BCUT2D eigenvalue weighted by molar-refractivity contribution is 7.71. The van der Waals surface area contributed by atoms with Crippen molar-refractivity contribution in [3.63, 3.8) is 0 Å². The van der Waals surface area contributed by atoms with Crippen LogP contribution in [-0.2, 0) is 6.54 Å². The van der Waals surface area contributed by atoms with Gasteiger partial charge in [-0.15, -0.1) is 6.58 Å². The van der Waals surface area contributed by atoms with Crippen molar-refractivity contribution < 1.29 is 4.79 Å². The van der Waals surface area contributed by atoms with Gasteiger partial charge in [-0.05, 0) is 31.3 Å². The Hall–Kier alpha value is -1.92. The van der Waals surface area contributed by atoms with E-state index >= 15 is 0 Å². The zero-order valence-electron chi connectivity index (χ0n) is 11.5. The zero-order valence-corrected chi connectivity index (χ0v) is 13.0. The molecule has 0 aliphatic carbocycles. The minimum atomic E-state index is -0.318. The third-order valence-electron chi connectivity index (χ3n) is 2.95. The van der Waals surface area contributed by atoms with Gasteiger partial charge in [0.25, 0.3) is 5.91 Å². The van der Waals surface area contributed by atoms with Gasteiger partial charge in [0.2, 0.25) is 0 Å². The fraction of sp³-hybridized carbons (Fsp3) is 0.214. The molecule has 2 N–H and O–H groups in total. The first-order valence-electron chi connectivity index (χ1n) is 6.36. The van der Waals surface area contributed by atoms with Crippen molar-refractivity contribution in [2.45, 2.75) is 19.5 Å². The van der Waals surface area contributed by atoms with Gasteiger partial charge in [0.15, 0.2) is 10.6 Å². The molecule has 0 aliphatic rings. The fourth-order valence-electron chi connectivity index (χ4n) is 1.95. The molecule has 0 fully saturated rings. The molecule has 0 bridgehead atoms. The number of amides is 1. The van der Waals surface area contributed by atoms with Gasteiger partial charge in [0.1, 0.15) is 0 Å².